The highest BCUT2D eigenvalue weighted by molar-refractivity contribution is 7.47. The summed E-state index contributed by atoms with van der Waals surface area (Å²) in [6, 6.07) is 0. The maximum Gasteiger partial charge on any atom is 0.472 e. The van der Waals surface area contributed by atoms with Crippen molar-refractivity contribution < 1.29 is 80.2 Å². The van der Waals surface area contributed by atoms with E-state index in [1.165, 1.54) is 128 Å². The van der Waals surface area contributed by atoms with Crippen molar-refractivity contribution in [1.82, 2.24) is 0 Å². The van der Waals surface area contributed by atoms with Crippen LogP contribution in [0.25, 0.3) is 0 Å². The first kappa shape index (κ1) is 85.1. The molecule has 0 aliphatic carbocycles. The molecule has 0 radical (unpaired) electrons. The summed E-state index contributed by atoms with van der Waals surface area (Å²) in [5.41, 5.74) is 0. The lowest BCUT2D eigenvalue weighted by Gasteiger charge is -2.21. The molecule has 0 fully saturated rings. The van der Waals surface area contributed by atoms with E-state index in [0.29, 0.717) is 37.5 Å². The Balaban J connectivity index is 5.20. The molecule has 0 aromatic heterocycles. The summed E-state index contributed by atoms with van der Waals surface area (Å²) >= 11 is 0. The Morgan fingerprint density at radius 2 is 0.483 bits per heavy atom. The summed E-state index contributed by atoms with van der Waals surface area (Å²) in [5.74, 6) is 0.749. The molecule has 0 amide bonds. The number of unbranched alkanes of at least 4 members (excludes halogenated alkanes) is 31. The third-order valence-electron chi connectivity index (χ3n) is 15.6. The number of carbonyl (C=O) groups excluding carboxylic acids is 4. The molecular weight excluding hydrogens is 1150 g/mol. The number of ether oxygens (including phenoxy) is 4. The zero-order valence-electron chi connectivity index (χ0n) is 56.6. The van der Waals surface area contributed by atoms with E-state index in [-0.39, 0.29) is 25.7 Å². The molecular formula is C68H132O17P2. The van der Waals surface area contributed by atoms with Gasteiger partial charge in [-0.3, -0.25) is 37.3 Å². The monoisotopic (exact) mass is 1280 g/mol. The van der Waals surface area contributed by atoms with Gasteiger partial charge in [-0.2, -0.15) is 0 Å². The number of aliphatic hydroxyl groups excluding tert-OH is 1. The number of carbonyl (C=O) groups is 4. The Hall–Kier alpha value is -1.94. The van der Waals surface area contributed by atoms with E-state index in [9.17, 15) is 43.2 Å². The molecule has 0 spiro atoms. The quantitative estimate of drug-likeness (QED) is 0.0222. The number of hydrogen-bond donors (Lipinski definition) is 3. The summed E-state index contributed by atoms with van der Waals surface area (Å²) in [7, 11) is -9.90. The minimum absolute atomic E-state index is 0.101. The molecule has 5 atom stereocenters. The number of phosphoric ester groups is 2. The van der Waals surface area contributed by atoms with Crippen molar-refractivity contribution in [1.29, 1.82) is 0 Å². The van der Waals surface area contributed by atoms with Gasteiger partial charge in [0.25, 0.3) is 0 Å². The zero-order valence-corrected chi connectivity index (χ0v) is 58.4. The predicted octanol–water partition coefficient (Wildman–Crippen LogP) is 18.9. The molecule has 0 saturated heterocycles. The third kappa shape index (κ3) is 62.6. The molecule has 0 aromatic carbocycles. The van der Waals surface area contributed by atoms with Gasteiger partial charge in [0.2, 0.25) is 0 Å². The minimum Gasteiger partial charge on any atom is -0.462 e. The average molecular weight is 1280 g/mol. The third-order valence-corrected chi connectivity index (χ3v) is 17.5. The van der Waals surface area contributed by atoms with Crippen LogP contribution >= 0.6 is 15.6 Å². The van der Waals surface area contributed by atoms with Crippen LogP contribution in [-0.4, -0.2) is 96.7 Å². The molecule has 0 aromatic rings. The predicted molar refractivity (Wildman–Crippen MR) is 349 cm³/mol. The number of hydrogen-bond acceptors (Lipinski definition) is 15. The molecule has 87 heavy (non-hydrogen) atoms. The van der Waals surface area contributed by atoms with Crippen LogP contribution in [0.1, 0.15) is 331 Å². The van der Waals surface area contributed by atoms with Crippen molar-refractivity contribution in [3.8, 4) is 0 Å². The lowest BCUT2D eigenvalue weighted by molar-refractivity contribution is -0.161. The van der Waals surface area contributed by atoms with Gasteiger partial charge in [0.1, 0.15) is 19.3 Å². The highest BCUT2D eigenvalue weighted by atomic mass is 31.2. The van der Waals surface area contributed by atoms with E-state index in [2.05, 4.69) is 55.4 Å². The molecule has 19 heteroatoms. The maximum absolute atomic E-state index is 13.0. The molecule has 0 heterocycles. The van der Waals surface area contributed by atoms with Gasteiger partial charge >= 0.3 is 39.5 Å². The SMILES string of the molecule is CC(C)CCCCCCCCCCCCCCCCC(=O)O[C@H](COC(=O)CCCCCCCCC(C)C)COP(=O)(O)OC[C@H](O)COP(=O)(O)OC[C@@H](COC(=O)CCCCCCCCCCCC(C)C)OC(=O)CCCCCCCCC(C)C. The zero-order chi connectivity index (χ0) is 64.7. The van der Waals surface area contributed by atoms with Crippen molar-refractivity contribution in [2.24, 2.45) is 23.7 Å². The van der Waals surface area contributed by atoms with E-state index >= 15 is 0 Å². The summed E-state index contributed by atoms with van der Waals surface area (Å²) in [6.07, 6.45) is 39.3. The maximum atomic E-state index is 13.0. The number of phosphoric acid groups is 2. The Labute approximate surface area is 530 Å². The van der Waals surface area contributed by atoms with E-state index in [0.717, 1.165) is 108 Å². The standard InChI is InChI=1S/C68H132O17P2/c1-58(2)44-36-28-20-16-13-11-9-10-12-14-18-23-34-42-50-67(72)84-63(55-79-66(71)49-41-33-26-24-30-38-46-60(5)6)56-82-86(74,75)80-52-62(69)53-81-87(76,77)83-57-64(85-68(73)51-43-35-27-25-31-39-47-61(7)8)54-78-65(70)48-40-32-22-19-15-17-21-29-37-45-59(3)4/h58-64,69H,9-57H2,1-8H3,(H,74,75)(H,76,77)/t62-,63+,64+/m0/s1. The lowest BCUT2D eigenvalue weighted by atomic mass is 10.0. The van der Waals surface area contributed by atoms with Crippen molar-refractivity contribution >= 4 is 39.5 Å². The second kappa shape index (κ2) is 57.9. The van der Waals surface area contributed by atoms with Gasteiger partial charge in [0.05, 0.1) is 26.4 Å². The van der Waals surface area contributed by atoms with Crippen molar-refractivity contribution in [2.75, 3.05) is 39.6 Å². The number of rotatable bonds is 65. The fourth-order valence-electron chi connectivity index (χ4n) is 10.1. The van der Waals surface area contributed by atoms with Crippen LogP contribution in [0.15, 0.2) is 0 Å². The van der Waals surface area contributed by atoms with Gasteiger partial charge in [-0.25, -0.2) is 9.13 Å². The molecule has 0 aliphatic heterocycles. The molecule has 0 rings (SSSR count). The molecule has 0 aliphatic rings. The van der Waals surface area contributed by atoms with E-state index < -0.39 is 97.5 Å². The van der Waals surface area contributed by atoms with E-state index in [4.69, 9.17) is 37.0 Å². The van der Waals surface area contributed by atoms with Crippen LogP contribution in [0.2, 0.25) is 0 Å². The van der Waals surface area contributed by atoms with Crippen molar-refractivity contribution in [3.05, 3.63) is 0 Å². The van der Waals surface area contributed by atoms with Crippen molar-refractivity contribution in [3.63, 3.8) is 0 Å². The smallest absolute Gasteiger partial charge is 0.462 e. The van der Waals surface area contributed by atoms with Crippen molar-refractivity contribution in [2.45, 2.75) is 350 Å². The lowest BCUT2D eigenvalue weighted by Crippen LogP contribution is -2.30. The Kier molecular flexibility index (Phi) is 56.6. The first-order chi connectivity index (χ1) is 41.6. The Morgan fingerprint density at radius 3 is 0.713 bits per heavy atom. The summed E-state index contributed by atoms with van der Waals surface area (Å²) in [6.45, 7) is 14.0. The topological polar surface area (TPSA) is 237 Å². The number of esters is 4. The molecule has 3 N–H and O–H groups in total. The summed E-state index contributed by atoms with van der Waals surface area (Å²) in [5, 5.41) is 10.6. The average Bonchev–Trinajstić information content (AvgIpc) is 3.66. The second-order valence-electron chi connectivity index (χ2n) is 26.5. The Morgan fingerprint density at radius 1 is 0.287 bits per heavy atom. The minimum atomic E-state index is -4.95. The van der Waals surface area contributed by atoms with Gasteiger partial charge in [-0.1, -0.05) is 280 Å². The van der Waals surface area contributed by atoms with E-state index in [1.807, 2.05) is 0 Å². The Bertz CT molecular complexity index is 1730. The van der Waals surface area contributed by atoms with Crippen LogP contribution in [0.4, 0.5) is 0 Å². The van der Waals surface area contributed by atoms with E-state index in [1.54, 1.807) is 0 Å². The molecule has 516 valence electrons. The van der Waals surface area contributed by atoms with Gasteiger partial charge in [0.15, 0.2) is 12.2 Å². The molecule has 2 unspecified atom stereocenters. The summed E-state index contributed by atoms with van der Waals surface area (Å²) < 4.78 is 68.1. The van der Waals surface area contributed by atoms with Gasteiger partial charge in [0, 0.05) is 25.7 Å². The van der Waals surface area contributed by atoms with Gasteiger partial charge in [-0.05, 0) is 49.4 Å². The van der Waals surface area contributed by atoms with Gasteiger partial charge in [-0.15, -0.1) is 0 Å². The van der Waals surface area contributed by atoms with Crippen LogP contribution in [0.3, 0.4) is 0 Å². The summed E-state index contributed by atoms with van der Waals surface area (Å²) in [4.78, 5) is 72.3. The highest BCUT2D eigenvalue weighted by Gasteiger charge is 2.30. The molecule has 17 nitrogen and oxygen atoms in total. The molecule has 0 saturated carbocycles. The van der Waals surface area contributed by atoms with Gasteiger partial charge < -0.3 is 33.8 Å². The number of aliphatic hydroxyl groups is 1. The van der Waals surface area contributed by atoms with Crippen LogP contribution in [-0.2, 0) is 65.4 Å². The largest absolute Gasteiger partial charge is 0.472 e. The second-order valence-corrected chi connectivity index (χ2v) is 29.4. The van der Waals surface area contributed by atoms with Crippen LogP contribution in [0, 0.1) is 23.7 Å². The van der Waals surface area contributed by atoms with Crippen LogP contribution < -0.4 is 0 Å². The highest BCUT2D eigenvalue weighted by Crippen LogP contribution is 2.45. The first-order valence-corrected chi connectivity index (χ1v) is 38.2. The van der Waals surface area contributed by atoms with Crippen LogP contribution in [0.5, 0.6) is 0 Å². The fraction of sp³-hybridized carbons (Fsp3) is 0.941. The normalized spacial score (nSPS) is 14.3. The molecule has 0 bridgehead atoms. The fourth-order valence-corrected chi connectivity index (χ4v) is 11.7. The first-order valence-electron chi connectivity index (χ1n) is 35.2.